The third-order valence-electron chi connectivity index (χ3n) is 5.56. The van der Waals surface area contributed by atoms with E-state index in [0.717, 1.165) is 18.3 Å². The number of nitrogens with zero attached hydrogens (tertiary/aromatic N) is 4. The number of ketones is 1. The second-order valence-electron chi connectivity index (χ2n) is 8.03. The molecule has 1 fully saturated rings. The van der Waals surface area contributed by atoms with Crippen LogP contribution < -0.4 is 15.5 Å². The molecule has 4 aromatic rings. The summed E-state index contributed by atoms with van der Waals surface area (Å²) in [6, 6.07) is 8.80. The average Bonchev–Trinajstić information content (AvgIpc) is 2.89. The third kappa shape index (κ3) is 5.10. The summed E-state index contributed by atoms with van der Waals surface area (Å²) < 4.78 is 33.3. The Morgan fingerprint density at radius 1 is 0.889 bits per heavy atom. The maximum absolute atomic E-state index is 14.6. The highest BCUT2D eigenvalue weighted by Gasteiger charge is 2.18. The number of ether oxygens (including phenoxy) is 1. The Balaban J connectivity index is 1.37. The number of morpholine rings is 1. The number of fused-ring (bicyclic) bond motifs is 1. The number of benzene rings is 2. The van der Waals surface area contributed by atoms with Gasteiger partial charge in [-0.3, -0.25) is 14.8 Å². The number of anilines is 3. The molecule has 36 heavy (non-hydrogen) atoms. The lowest BCUT2D eigenvalue weighted by atomic mass is 10.0. The van der Waals surface area contributed by atoms with Gasteiger partial charge in [-0.2, -0.15) is 0 Å². The van der Waals surface area contributed by atoms with Crippen molar-refractivity contribution in [2.75, 3.05) is 41.8 Å². The fourth-order valence-electron chi connectivity index (χ4n) is 3.79. The number of hydrogen-bond donors (Lipinski definition) is 2. The lowest BCUT2D eigenvalue weighted by Crippen LogP contribution is -2.36. The van der Waals surface area contributed by atoms with Crippen LogP contribution in [0.25, 0.3) is 11.0 Å². The Labute approximate surface area is 204 Å². The Hall–Kier alpha value is -4.51. The van der Waals surface area contributed by atoms with Gasteiger partial charge in [0.05, 0.1) is 54.1 Å². The number of carbonyl (C=O) groups excluding carboxylic acids is 2. The highest BCUT2D eigenvalue weighted by atomic mass is 19.1. The number of hydrogen-bond acceptors (Lipinski definition) is 7. The smallest absolute Gasteiger partial charge is 0.323 e. The molecule has 2 N–H and O–H groups in total. The maximum Gasteiger partial charge on any atom is 0.323 e. The van der Waals surface area contributed by atoms with Crippen LogP contribution in [0.4, 0.5) is 30.8 Å². The van der Waals surface area contributed by atoms with Crippen LogP contribution in [0.5, 0.6) is 0 Å². The summed E-state index contributed by atoms with van der Waals surface area (Å²) in [7, 11) is 0. The number of urea groups is 1. The largest absolute Gasteiger partial charge is 0.378 e. The Kier molecular flexibility index (Phi) is 6.46. The average molecular weight is 490 g/mol. The molecule has 2 amide bonds. The van der Waals surface area contributed by atoms with Crippen molar-refractivity contribution in [2.24, 2.45) is 0 Å². The molecule has 1 aliphatic heterocycles. The predicted octanol–water partition coefficient (Wildman–Crippen LogP) is 4.01. The summed E-state index contributed by atoms with van der Waals surface area (Å²) in [6.07, 6.45) is 3.95. The summed E-state index contributed by atoms with van der Waals surface area (Å²) in [5.41, 5.74) is 1.42. The van der Waals surface area contributed by atoms with Crippen LogP contribution in [-0.4, -0.2) is 53.1 Å². The first-order chi connectivity index (χ1) is 17.5. The molecule has 0 atom stereocenters. The standard InChI is InChI=1S/C25H20F2N6O3/c26-16-10-18(13-28-12-16)31-25(35)30-17-2-3-20(27)19(11-17)24(34)15-1-4-21-22(9-15)32-23(14-29-21)33-5-7-36-8-6-33/h1-4,9-14H,5-8H2,(H2,30,31,35). The maximum atomic E-state index is 14.6. The first kappa shape index (κ1) is 23.2. The summed E-state index contributed by atoms with van der Waals surface area (Å²) >= 11 is 0. The van der Waals surface area contributed by atoms with Crippen molar-refractivity contribution < 1.29 is 23.1 Å². The van der Waals surface area contributed by atoms with Crippen molar-refractivity contribution in [1.82, 2.24) is 15.0 Å². The van der Waals surface area contributed by atoms with E-state index in [4.69, 9.17) is 4.74 Å². The van der Waals surface area contributed by atoms with E-state index in [0.29, 0.717) is 43.2 Å². The lowest BCUT2D eigenvalue weighted by molar-refractivity contribution is 0.103. The van der Waals surface area contributed by atoms with Crippen molar-refractivity contribution in [3.63, 3.8) is 0 Å². The van der Waals surface area contributed by atoms with Gasteiger partial charge in [-0.25, -0.2) is 18.6 Å². The van der Waals surface area contributed by atoms with Gasteiger partial charge in [0.15, 0.2) is 5.78 Å². The Bertz CT molecular complexity index is 1460. The van der Waals surface area contributed by atoms with Crippen molar-refractivity contribution in [3.8, 4) is 0 Å². The minimum absolute atomic E-state index is 0.139. The van der Waals surface area contributed by atoms with Gasteiger partial charge < -0.3 is 20.3 Å². The van der Waals surface area contributed by atoms with Crippen LogP contribution in [0.15, 0.2) is 61.1 Å². The van der Waals surface area contributed by atoms with Crippen LogP contribution in [0.2, 0.25) is 0 Å². The van der Waals surface area contributed by atoms with E-state index in [2.05, 4.69) is 25.6 Å². The molecule has 0 radical (unpaired) electrons. The summed E-state index contributed by atoms with van der Waals surface area (Å²) in [4.78, 5) is 40.2. The minimum Gasteiger partial charge on any atom is -0.378 e. The zero-order chi connectivity index (χ0) is 25.1. The summed E-state index contributed by atoms with van der Waals surface area (Å²) in [5.74, 6) is -1.26. The molecule has 2 aromatic carbocycles. The molecule has 0 unspecified atom stereocenters. The van der Waals surface area contributed by atoms with E-state index in [1.54, 1.807) is 24.4 Å². The molecule has 0 saturated carbocycles. The topological polar surface area (TPSA) is 109 Å². The molecule has 11 heteroatoms. The normalized spacial score (nSPS) is 13.4. The van der Waals surface area contributed by atoms with Gasteiger partial charge >= 0.3 is 6.03 Å². The van der Waals surface area contributed by atoms with Crippen LogP contribution in [0, 0.1) is 11.6 Å². The van der Waals surface area contributed by atoms with E-state index >= 15 is 0 Å². The van der Waals surface area contributed by atoms with Gasteiger partial charge in [-0.1, -0.05) is 0 Å². The highest BCUT2D eigenvalue weighted by molar-refractivity contribution is 6.11. The first-order valence-electron chi connectivity index (χ1n) is 11.1. The van der Waals surface area contributed by atoms with E-state index in [9.17, 15) is 18.4 Å². The molecule has 5 rings (SSSR count). The molecule has 0 spiro atoms. The van der Waals surface area contributed by atoms with Crippen LogP contribution in [-0.2, 0) is 4.74 Å². The molecule has 0 bridgehead atoms. The minimum atomic E-state index is -0.742. The van der Waals surface area contributed by atoms with Gasteiger partial charge in [0, 0.05) is 30.4 Å². The number of aromatic nitrogens is 3. The van der Waals surface area contributed by atoms with E-state index in [1.165, 1.54) is 18.3 Å². The number of amides is 2. The molecule has 1 aliphatic rings. The van der Waals surface area contributed by atoms with E-state index in [1.807, 2.05) is 4.90 Å². The number of pyridine rings is 1. The second-order valence-corrected chi connectivity index (χ2v) is 8.03. The second kappa shape index (κ2) is 10.0. The zero-order valence-electron chi connectivity index (χ0n) is 18.9. The van der Waals surface area contributed by atoms with E-state index < -0.39 is 23.4 Å². The van der Waals surface area contributed by atoms with Crippen molar-refractivity contribution in [2.45, 2.75) is 0 Å². The van der Waals surface area contributed by atoms with Crippen molar-refractivity contribution in [3.05, 3.63) is 83.8 Å². The summed E-state index contributed by atoms with van der Waals surface area (Å²) in [6.45, 7) is 2.57. The first-order valence-corrected chi connectivity index (χ1v) is 11.1. The molecule has 182 valence electrons. The zero-order valence-corrected chi connectivity index (χ0v) is 18.9. The van der Waals surface area contributed by atoms with Crippen molar-refractivity contribution in [1.29, 1.82) is 0 Å². The monoisotopic (exact) mass is 490 g/mol. The fourth-order valence-corrected chi connectivity index (χ4v) is 3.79. The number of carbonyl (C=O) groups is 2. The van der Waals surface area contributed by atoms with Gasteiger partial charge in [0.1, 0.15) is 17.5 Å². The van der Waals surface area contributed by atoms with Crippen LogP contribution >= 0.6 is 0 Å². The molecular weight excluding hydrogens is 470 g/mol. The molecule has 2 aromatic heterocycles. The van der Waals surface area contributed by atoms with Crippen LogP contribution in [0.3, 0.4) is 0 Å². The molecular formula is C25H20F2N6O3. The molecule has 0 aliphatic carbocycles. The molecule has 3 heterocycles. The SMILES string of the molecule is O=C(Nc1cncc(F)c1)Nc1ccc(F)c(C(=O)c2ccc3ncc(N4CCOCC4)nc3c2)c1. The van der Waals surface area contributed by atoms with Crippen molar-refractivity contribution >= 4 is 40.0 Å². The lowest BCUT2D eigenvalue weighted by Gasteiger charge is -2.27. The summed E-state index contributed by atoms with van der Waals surface area (Å²) in [5, 5.41) is 4.92. The molecule has 9 nitrogen and oxygen atoms in total. The quantitative estimate of drug-likeness (QED) is 0.407. The Morgan fingerprint density at radius 2 is 1.69 bits per heavy atom. The van der Waals surface area contributed by atoms with Gasteiger partial charge in [0.2, 0.25) is 0 Å². The van der Waals surface area contributed by atoms with Gasteiger partial charge in [-0.15, -0.1) is 0 Å². The van der Waals surface area contributed by atoms with Crippen LogP contribution in [0.1, 0.15) is 15.9 Å². The predicted molar refractivity (Wildman–Crippen MR) is 129 cm³/mol. The Morgan fingerprint density at radius 3 is 2.50 bits per heavy atom. The van der Waals surface area contributed by atoms with E-state index in [-0.39, 0.29) is 22.5 Å². The van der Waals surface area contributed by atoms with Gasteiger partial charge in [-0.05, 0) is 36.4 Å². The van der Waals surface area contributed by atoms with Gasteiger partial charge in [0.25, 0.3) is 0 Å². The fraction of sp³-hybridized carbons (Fsp3) is 0.160. The molecule has 1 saturated heterocycles. The third-order valence-corrected chi connectivity index (χ3v) is 5.56. The number of halogens is 2. The number of rotatable bonds is 5. The number of nitrogens with one attached hydrogen (secondary N) is 2. The highest BCUT2D eigenvalue weighted by Crippen LogP contribution is 2.22.